The van der Waals surface area contributed by atoms with E-state index in [2.05, 4.69) is 0 Å². The SMILES string of the molecule is O=C(OCC1OCC(On2ccc(=O)[nH]c2=O)O1)c1ccccc1. The summed E-state index contributed by atoms with van der Waals surface area (Å²) in [5, 5.41) is 0. The lowest BCUT2D eigenvalue weighted by Gasteiger charge is -2.13. The first-order chi connectivity index (χ1) is 11.6. The minimum atomic E-state index is -0.867. The van der Waals surface area contributed by atoms with Crippen LogP contribution in [0.25, 0.3) is 0 Å². The normalized spacial score (nSPS) is 19.8. The molecule has 2 aromatic rings. The number of H-pyrrole nitrogens is 1. The Hall–Kier alpha value is -2.91. The molecule has 24 heavy (non-hydrogen) atoms. The number of rotatable bonds is 5. The van der Waals surface area contributed by atoms with Gasteiger partial charge in [-0.05, 0) is 12.1 Å². The summed E-state index contributed by atoms with van der Waals surface area (Å²) in [6, 6.07) is 9.65. The number of ether oxygens (including phenoxy) is 3. The predicted octanol–water partition coefficient (Wildman–Crippen LogP) is -0.479. The molecule has 0 saturated carbocycles. The molecule has 0 radical (unpaired) electrons. The predicted molar refractivity (Wildman–Crippen MR) is 79.2 cm³/mol. The van der Waals surface area contributed by atoms with E-state index in [1.165, 1.54) is 6.20 Å². The third kappa shape index (κ3) is 3.89. The standard InChI is InChI=1S/C15H14N2O7/c18-11-6-7-17(15(20)16-11)24-13-9-21-12(23-13)8-22-14(19)10-4-2-1-3-5-10/h1-7,12-13H,8-9H2,(H,16,18,20). The fourth-order valence-corrected chi connectivity index (χ4v) is 1.99. The van der Waals surface area contributed by atoms with Gasteiger partial charge in [0, 0.05) is 6.07 Å². The van der Waals surface area contributed by atoms with Gasteiger partial charge in [-0.3, -0.25) is 9.78 Å². The van der Waals surface area contributed by atoms with E-state index in [4.69, 9.17) is 19.0 Å². The summed E-state index contributed by atoms with van der Waals surface area (Å²) in [5.74, 6) is -0.496. The van der Waals surface area contributed by atoms with Crippen LogP contribution in [0.5, 0.6) is 0 Å². The fourth-order valence-electron chi connectivity index (χ4n) is 1.99. The average molecular weight is 334 g/mol. The maximum Gasteiger partial charge on any atom is 0.361 e. The number of esters is 1. The lowest BCUT2D eigenvalue weighted by molar-refractivity contribution is -0.160. The zero-order chi connectivity index (χ0) is 16.9. The molecule has 1 saturated heterocycles. The van der Waals surface area contributed by atoms with Crippen molar-refractivity contribution in [2.24, 2.45) is 0 Å². The van der Waals surface area contributed by atoms with Crippen LogP contribution in [0.15, 0.2) is 52.2 Å². The van der Waals surface area contributed by atoms with Crippen molar-refractivity contribution in [3.8, 4) is 0 Å². The number of hydrogen-bond acceptors (Lipinski definition) is 7. The third-order valence-corrected chi connectivity index (χ3v) is 3.10. The second-order valence-electron chi connectivity index (χ2n) is 4.83. The van der Waals surface area contributed by atoms with Crippen molar-refractivity contribution in [2.45, 2.75) is 12.6 Å². The van der Waals surface area contributed by atoms with Crippen molar-refractivity contribution < 1.29 is 23.8 Å². The summed E-state index contributed by atoms with van der Waals surface area (Å²) in [7, 11) is 0. The zero-order valence-corrected chi connectivity index (χ0v) is 12.4. The van der Waals surface area contributed by atoms with E-state index in [1.807, 2.05) is 4.98 Å². The molecule has 1 aliphatic rings. The second kappa shape index (κ2) is 7.11. The Balaban J connectivity index is 1.50. The van der Waals surface area contributed by atoms with Crippen LogP contribution in [0, 0.1) is 0 Å². The van der Waals surface area contributed by atoms with Crippen LogP contribution in [-0.4, -0.2) is 41.5 Å². The highest BCUT2D eigenvalue weighted by atomic mass is 16.9. The van der Waals surface area contributed by atoms with Crippen molar-refractivity contribution in [3.05, 3.63) is 69.0 Å². The first-order valence-corrected chi connectivity index (χ1v) is 7.10. The largest absolute Gasteiger partial charge is 0.457 e. The van der Waals surface area contributed by atoms with Gasteiger partial charge in [0.15, 0.2) is 6.29 Å². The van der Waals surface area contributed by atoms with Crippen LogP contribution >= 0.6 is 0 Å². The van der Waals surface area contributed by atoms with E-state index in [-0.39, 0.29) is 13.2 Å². The van der Waals surface area contributed by atoms with E-state index in [0.29, 0.717) is 5.56 Å². The van der Waals surface area contributed by atoms with Gasteiger partial charge in [-0.2, -0.15) is 0 Å². The number of benzene rings is 1. The summed E-state index contributed by atoms with van der Waals surface area (Å²) in [6.07, 6.45) is -0.497. The van der Waals surface area contributed by atoms with Crippen LogP contribution < -0.4 is 16.1 Å². The van der Waals surface area contributed by atoms with Crippen LogP contribution in [0.1, 0.15) is 10.4 Å². The van der Waals surface area contributed by atoms with Crippen LogP contribution in [-0.2, 0) is 14.2 Å². The van der Waals surface area contributed by atoms with Crippen molar-refractivity contribution in [3.63, 3.8) is 0 Å². The van der Waals surface area contributed by atoms with Gasteiger partial charge < -0.3 is 19.0 Å². The average Bonchev–Trinajstić information content (AvgIpc) is 3.03. The van der Waals surface area contributed by atoms with Crippen molar-refractivity contribution in [1.82, 2.24) is 9.71 Å². The molecule has 2 heterocycles. The van der Waals surface area contributed by atoms with Gasteiger partial charge in [0.1, 0.15) is 13.2 Å². The van der Waals surface area contributed by atoms with Gasteiger partial charge in [0.05, 0.1) is 11.8 Å². The Morgan fingerprint density at radius 2 is 2.04 bits per heavy atom. The Morgan fingerprint density at radius 3 is 2.79 bits per heavy atom. The van der Waals surface area contributed by atoms with E-state index >= 15 is 0 Å². The molecule has 1 fully saturated rings. The quantitative estimate of drug-likeness (QED) is 0.736. The fraction of sp³-hybridized carbons (Fsp3) is 0.267. The molecule has 0 spiro atoms. The van der Waals surface area contributed by atoms with E-state index in [1.54, 1.807) is 30.3 Å². The van der Waals surface area contributed by atoms with E-state index < -0.39 is 29.8 Å². The van der Waals surface area contributed by atoms with Gasteiger partial charge in [0.2, 0.25) is 0 Å². The zero-order valence-electron chi connectivity index (χ0n) is 12.4. The maximum absolute atomic E-state index is 11.8. The minimum Gasteiger partial charge on any atom is -0.457 e. The molecule has 3 rings (SSSR count). The monoisotopic (exact) mass is 334 g/mol. The van der Waals surface area contributed by atoms with E-state index in [9.17, 15) is 14.4 Å². The lowest BCUT2D eigenvalue weighted by Crippen LogP contribution is -2.38. The molecule has 126 valence electrons. The summed E-state index contributed by atoms with van der Waals surface area (Å²) in [5.41, 5.74) is -0.845. The summed E-state index contributed by atoms with van der Waals surface area (Å²) >= 11 is 0. The van der Waals surface area contributed by atoms with Crippen molar-refractivity contribution in [1.29, 1.82) is 0 Å². The lowest BCUT2D eigenvalue weighted by atomic mass is 10.2. The highest BCUT2D eigenvalue weighted by Crippen LogP contribution is 2.12. The van der Waals surface area contributed by atoms with Crippen LogP contribution in [0.4, 0.5) is 0 Å². The Bertz CT molecular complexity index is 814. The molecule has 0 aliphatic carbocycles. The third-order valence-electron chi connectivity index (χ3n) is 3.10. The Labute approximate surface area is 135 Å². The number of carbonyl (C=O) groups is 1. The molecule has 9 heteroatoms. The van der Waals surface area contributed by atoms with Gasteiger partial charge in [0.25, 0.3) is 11.8 Å². The number of carbonyl (C=O) groups excluding carboxylic acids is 1. The Kier molecular flexibility index (Phi) is 4.73. The minimum absolute atomic E-state index is 0.0408. The molecule has 9 nitrogen and oxygen atoms in total. The highest BCUT2D eigenvalue weighted by molar-refractivity contribution is 5.89. The van der Waals surface area contributed by atoms with Crippen LogP contribution in [0.2, 0.25) is 0 Å². The molecule has 1 aromatic heterocycles. The molecular formula is C15H14N2O7. The van der Waals surface area contributed by atoms with Gasteiger partial charge in [-0.1, -0.05) is 18.2 Å². The highest BCUT2D eigenvalue weighted by Gasteiger charge is 2.29. The van der Waals surface area contributed by atoms with Gasteiger partial charge in [-0.15, -0.1) is 4.73 Å². The first kappa shape index (κ1) is 16.0. The maximum atomic E-state index is 11.8. The van der Waals surface area contributed by atoms with E-state index in [0.717, 1.165) is 10.8 Å². The molecule has 1 aromatic carbocycles. The molecule has 1 aliphatic heterocycles. The molecule has 2 atom stereocenters. The number of nitrogens with one attached hydrogen (secondary N) is 1. The summed E-state index contributed by atoms with van der Waals surface area (Å²) in [6.45, 7) is -0.0762. The Morgan fingerprint density at radius 1 is 1.25 bits per heavy atom. The first-order valence-electron chi connectivity index (χ1n) is 7.10. The van der Waals surface area contributed by atoms with Crippen LogP contribution in [0.3, 0.4) is 0 Å². The number of nitrogens with zero attached hydrogens (tertiary/aromatic N) is 1. The molecular weight excluding hydrogens is 320 g/mol. The number of aromatic amines is 1. The van der Waals surface area contributed by atoms with Gasteiger partial charge in [-0.25, -0.2) is 9.59 Å². The number of hydrogen-bond donors (Lipinski definition) is 1. The van der Waals surface area contributed by atoms with Crippen molar-refractivity contribution in [2.75, 3.05) is 13.2 Å². The summed E-state index contributed by atoms with van der Waals surface area (Å²) in [4.78, 5) is 41.5. The topological polar surface area (TPSA) is 109 Å². The summed E-state index contributed by atoms with van der Waals surface area (Å²) < 4.78 is 16.6. The van der Waals surface area contributed by atoms with Crippen molar-refractivity contribution >= 4 is 5.97 Å². The molecule has 1 N–H and O–H groups in total. The molecule has 0 bridgehead atoms. The van der Waals surface area contributed by atoms with Gasteiger partial charge >= 0.3 is 11.7 Å². The number of aromatic nitrogens is 2. The smallest absolute Gasteiger partial charge is 0.361 e. The second-order valence-corrected chi connectivity index (χ2v) is 4.83. The molecule has 2 unspecified atom stereocenters. The molecule has 0 amide bonds.